The Morgan fingerprint density at radius 3 is 2.89 bits per heavy atom. The molecule has 1 aliphatic heterocycles. The zero-order valence-electron chi connectivity index (χ0n) is 10.8. The molecule has 1 aromatic rings. The van der Waals surface area contributed by atoms with Gasteiger partial charge in [0, 0.05) is 19.0 Å². The van der Waals surface area contributed by atoms with Crippen LogP contribution in [0.2, 0.25) is 0 Å². The molecule has 4 heteroatoms. The molecule has 1 N–H and O–H groups in total. The minimum atomic E-state index is -0.156. The highest BCUT2D eigenvalue weighted by Crippen LogP contribution is 2.34. The molecule has 0 amide bonds. The lowest BCUT2D eigenvalue weighted by Gasteiger charge is -2.19. The molecule has 98 valence electrons. The summed E-state index contributed by atoms with van der Waals surface area (Å²) in [5.74, 6) is 0.704. The Morgan fingerprint density at radius 1 is 1.39 bits per heavy atom. The number of carbonyl (C=O) groups excluding carboxylic acids is 1. The molecular formula is C14H19NO3. The SMILES string of the molecule is CCOc1ccccc1C1CNCC1C(=O)OC. The predicted molar refractivity (Wildman–Crippen MR) is 68.7 cm³/mol. The molecule has 0 bridgehead atoms. The summed E-state index contributed by atoms with van der Waals surface area (Å²) < 4.78 is 10.5. The molecule has 0 spiro atoms. The van der Waals surface area contributed by atoms with E-state index in [1.165, 1.54) is 7.11 Å². The van der Waals surface area contributed by atoms with E-state index in [-0.39, 0.29) is 17.8 Å². The topological polar surface area (TPSA) is 47.6 Å². The van der Waals surface area contributed by atoms with E-state index >= 15 is 0 Å². The van der Waals surface area contributed by atoms with Crippen molar-refractivity contribution in [2.75, 3.05) is 26.8 Å². The second-order valence-electron chi connectivity index (χ2n) is 4.37. The largest absolute Gasteiger partial charge is 0.494 e. The van der Waals surface area contributed by atoms with Crippen LogP contribution in [0.4, 0.5) is 0 Å². The molecular weight excluding hydrogens is 230 g/mol. The number of methoxy groups -OCH3 is 1. The van der Waals surface area contributed by atoms with Crippen molar-refractivity contribution < 1.29 is 14.3 Å². The fourth-order valence-corrected chi connectivity index (χ4v) is 2.48. The van der Waals surface area contributed by atoms with Crippen LogP contribution in [0.15, 0.2) is 24.3 Å². The smallest absolute Gasteiger partial charge is 0.310 e. The van der Waals surface area contributed by atoms with Crippen molar-refractivity contribution in [2.45, 2.75) is 12.8 Å². The van der Waals surface area contributed by atoms with E-state index in [1.54, 1.807) is 0 Å². The fourth-order valence-electron chi connectivity index (χ4n) is 2.48. The third-order valence-electron chi connectivity index (χ3n) is 3.34. The van der Waals surface area contributed by atoms with Crippen molar-refractivity contribution in [1.82, 2.24) is 5.32 Å². The molecule has 0 radical (unpaired) electrons. The first-order valence-corrected chi connectivity index (χ1v) is 6.28. The molecule has 2 unspecified atom stereocenters. The molecule has 2 rings (SSSR count). The Labute approximate surface area is 107 Å². The van der Waals surface area contributed by atoms with Crippen LogP contribution in [0.5, 0.6) is 5.75 Å². The van der Waals surface area contributed by atoms with Crippen molar-refractivity contribution >= 4 is 5.97 Å². The van der Waals surface area contributed by atoms with Crippen LogP contribution in [0.25, 0.3) is 0 Å². The molecule has 1 saturated heterocycles. The van der Waals surface area contributed by atoms with Gasteiger partial charge in [0.1, 0.15) is 5.75 Å². The van der Waals surface area contributed by atoms with E-state index in [1.807, 2.05) is 31.2 Å². The highest BCUT2D eigenvalue weighted by molar-refractivity contribution is 5.74. The first-order chi connectivity index (χ1) is 8.77. The van der Waals surface area contributed by atoms with Gasteiger partial charge in [0.15, 0.2) is 0 Å². The van der Waals surface area contributed by atoms with E-state index in [4.69, 9.17) is 9.47 Å². The maximum atomic E-state index is 11.8. The Hall–Kier alpha value is -1.55. The maximum Gasteiger partial charge on any atom is 0.310 e. The van der Waals surface area contributed by atoms with Gasteiger partial charge < -0.3 is 14.8 Å². The molecule has 1 heterocycles. The van der Waals surface area contributed by atoms with Gasteiger partial charge in [0.05, 0.1) is 19.6 Å². The number of carbonyl (C=O) groups is 1. The second-order valence-corrected chi connectivity index (χ2v) is 4.37. The van der Waals surface area contributed by atoms with E-state index < -0.39 is 0 Å². The lowest BCUT2D eigenvalue weighted by Crippen LogP contribution is -2.23. The number of benzene rings is 1. The van der Waals surface area contributed by atoms with Crippen LogP contribution in [0, 0.1) is 5.92 Å². The standard InChI is InChI=1S/C14H19NO3/c1-3-18-13-7-5-4-6-10(13)11-8-15-9-12(11)14(16)17-2/h4-7,11-12,15H,3,8-9H2,1-2H3. The summed E-state index contributed by atoms with van der Waals surface area (Å²) in [5.41, 5.74) is 1.08. The number of hydrogen-bond acceptors (Lipinski definition) is 4. The lowest BCUT2D eigenvalue weighted by molar-refractivity contribution is -0.145. The van der Waals surface area contributed by atoms with Gasteiger partial charge in [-0.15, -0.1) is 0 Å². The summed E-state index contributed by atoms with van der Waals surface area (Å²) >= 11 is 0. The maximum absolute atomic E-state index is 11.8. The van der Waals surface area contributed by atoms with Gasteiger partial charge in [-0.05, 0) is 18.6 Å². The van der Waals surface area contributed by atoms with Gasteiger partial charge in [0.25, 0.3) is 0 Å². The molecule has 0 aromatic heterocycles. The van der Waals surface area contributed by atoms with Gasteiger partial charge in [-0.2, -0.15) is 0 Å². The third kappa shape index (κ3) is 2.48. The van der Waals surface area contributed by atoms with Gasteiger partial charge in [-0.25, -0.2) is 0 Å². The summed E-state index contributed by atoms with van der Waals surface area (Å²) in [6.45, 7) is 4.03. The van der Waals surface area contributed by atoms with Gasteiger partial charge >= 0.3 is 5.97 Å². The molecule has 0 aliphatic carbocycles. The van der Waals surface area contributed by atoms with Crippen LogP contribution in [0.3, 0.4) is 0 Å². The third-order valence-corrected chi connectivity index (χ3v) is 3.34. The number of esters is 1. The average molecular weight is 249 g/mol. The van der Waals surface area contributed by atoms with Crippen LogP contribution < -0.4 is 10.1 Å². The Morgan fingerprint density at radius 2 is 2.17 bits per heavy atom. The summed E-state index contributed by atoms with van der Waals surface area (Å²) in [4.78, 5) is 11.8. The number of rotatable bonds is 4. The van der Waals surface area contributed by atoms with Crippen molar-refractivity contribution in [2.24, 2.45) is 5.92 Å². The minimum Gasteiger partial charge on any atom is -0.494 e. The normalized spacial score (nSPS) is 22.8. The molecule has 1 fully saturated rings. The summed E-state index contributed by atoms with van der Waals surface area (Å²) in [6, 6.07) is 7.90. The van der Waals surface area contributed by atoms with Crippen molar-refractivity contribution in [3.63, 3.8) is 0 Å². The van der Waals surface area contributed by atoms with Gasteiger partial charge in [-0.1, -0.05) is 18.2 Å². The number of nitrogens with one attached hydrogen (secondary N) is 1. The average Bonchev–Trinajstić information content (AvgIpc) is 2.88. The highest BCUT2D eigenvalue weighted by Gasteiger charge is 2.36. The van der Waals surface area contributed by atoms with Gasteiger partial charge in [0.2, 0.25) is 0 Å². The summed E-state index contributed by atoms with van der Waals surface area (Å²) in [6.07, 6.45) is 0. The zero-order valence-corrected chi connectivity index (χ0v) is 10.8. The molecule has 1 aromatic carbocycles. The van der Waals surface area contributed by atoms with Crippen LogP contribution in [-0.2, 0) is 9.53 Å². The monoisotopic (exact) mass is 249 g/mol. The fraction of sp³-hybridized carbons (Fsp3) is 0.500. The lowest BCUT2D eigenvalue weighted by atomic mass is 9.88. The Bertz CT molecular complexity index is 419. The molecule has 1 aliphatic rings. The van der Waals surface area contributed by atoms with E-state index in [9.17, 15) is 4.79 Å². The highest BCUT2D eigenvalue weighted by atomic mass is 16.5. The van der Waals surface area contributed by atoms with E-state index in [0.717, 1.165) is 17.9 Å². The van der Waals surface area contributed by atoms with Crippen LogP contribution in [-0.4, -0.2) is 32.8 Å². The first kappa shape index (κ1) is 12.9. The Balaban J connectivity index is 2.27. The Kier molecular flexibility index (Phi) is 4.20. The predicted octanol–water partition coefficient (Wildman–Crippen LogP) is 1.56. The summed E-state index contributed by atoms with van der Waals surface area (Å²) in [7, 11) is 1.44. The number of ether oxygens (including phenoxy) is 2. The second kappa shape index (κ2) is 5.87. The van der Waals surface area contributed by atoms with E-state index in [0.29, 0.717) is 13.2 Å². The number of para-hydroxylation sites is 1. The van der Waals surface area contributed by atoms with Crippen molar-refractivity contribution in [3.05, 3.63) is 29.8 Å². The van der Waals surface area contributed by atoms with Crippen LogP contribution >= 0.6 is 0 Å². The van der Waals surface area contributed by atoms with Gasteiger partial charge in [-0.3, -0.25) is 4.79 Å². The summed E-state index contributed by atoms with van der Waals surface area (Å²) in [5, 5.41) is 3.25. The quantitative estimate of drug-likeness (QED) is 0.823. The number of hydrogen-bond donors (Lipinski definition) is 1. The zero-order chi connectivity index (χ0) is 13.0. The molecule has 0 saturated carbocycles. The van der Waals surface area contributed by atoms with Crippen LogP contribution in [0.1, 0.15) is 18.4 Å². The molecule has 2 atom stereocenters. The van der Waals surface area contributed by atoms with Crippen molar-refractivity contribution in [3.8, 4) is 5.75 Å². The van der Waals surface area contributed by atoms with Crippen molar-refractivity contribution in [1.29, 1.82) is 0 Å². The molecule has 4 nitrogen and oxygen atoms in total. The first-order valence-electron chi connectivity index (χ1n) is 6.28. The molecule has 18 heavy (non-hydrogen) atoms. The van der Waals surface area contributed by atoms with E-state index in [2.05, 4.69) is 5.32 Å². The minimum absolute atomic E-state index is 0.125.